The molecule has 26 heavy (non-hydrogen) atoms. The average Bonchev–Trinajstić information content (AvgIpc) is 2.66. The zero-order valence-electron chi connectivity index (χ0n) is 13.8. The lowest BCUT2D eigenvalue weighted by Gasteiger charge is -2.28. The third-order valence-corrected chi connectivity index (χ3v) is 3.78. The second-order valence-electron chi connectivity index (χ2n) is 5.64. The van der Waals surface area contributed by atoms with Crippen molar-refractivity contribution in [1.29, 1.82) is 5.41 Å². The van der Waals surface area contributed by atoms with Gasteiger partial charge in [-0.1, -0.05) is 0 Å². The Balaban J connectivity index is 1.83. The smallest absolute Gasteiger partial charge is 0.422 e. The molecule has 1 aliphatic heterocycles. The van der Waals surface area contributed by atoms with Gasteiger partial charge in [-0.3, -0.25) is 5.41 Å². The molecule has 3 heterocycles. The van der Waals surface area contributed by atoms with Gasteiger partial charge in [0.05, 0.1) is 24.5 Å². The number of hydrogen-bond acceptors (Lipinski definition) is 6. The van der Waals surface area contributed by atoms with Crippen molar-refractivity contribution in [3.05, 3.63) is 47.8 Å². The molecule has 0 spiro atoms. The van der Waals surface area contributed by atoms with Crippen LogP contribution in [0.2, 0.25) is 0 Å². The third-order valence-electron chi connectivity index (χ3n) is 3.78. The van der Waals surface area contributed by atoms with Crippen molar-refractivity contribution >= 4 is 11.5 Å². The van der Waals surface area contributed by atoms with Crippen molar-refractivity contribution in [2.75, 3.05) is 37.8 Å². The molecule has 2 aromatic rings. The van der Waals surface area contributed by atoms with Crippen molar-refractivity contribution in [2.45, 2.75) is 6.18 Å². The van der Waals surface area contributed by atoms with Gasteiger partial charge in [0.25, 0.3) is 0 Å². The largest absolute Gasteiger partial charge is 0.468 e. The van der Waals surface area contributed by atoms with E-state index in [0.717, 1.165) is 0 Å². The van der Waals surface area contributed by atoms with E-state index in [9.17, 15) is 13.2 Å². The molecule has 0 aromatic carbocycles. The van der Waals surface area contributed by atoms with Crippen LogP contribution in [0.25, 0.3) is 0 Å². The molecular formula is C17H17F3N4O2. The van der Waals surface area contributed by atoms with Crippen LogP contribution in [0.1, 0.15) is 11.1 Å². The van der Waals surface area contributed by atoms with Crippen LogP contribution < -0.4 is 9.64 Å². The molecule has 0 bridgehead atoms. The number of nitrogens with zero attached hydrogens (tertiary/aromatic N) is 3. The van der Waals surface area contributed by atoms with Crippen molar-refractivity contribution in [3.8, 4) is 5.88 Å². The maximum absolute atomic E-state index is 12.4. The maximum Gasteiger partial charge on any atom is 0.422 e. The Morgan fingerprint density at radius 1 is 1.19 bits per heavy atom. The summed E-state index contributed by atoms with van der Waals surface area (Å²) in [5.41, 5.74) is 0.731. The molecule has 0 radical (unpaired) electrons. The molecule has 2 aromatic heterocycles. The normalized spacial score (nSPS) is 15.0. The minimum absolute atomic E-state index is 0.0205. The van der Waals surface area contributed by atoms with Crippen molar-refractivity contribution in [3.63, 3.8) is 0 Å². The molecule has 1 aliphatic rings. The van der Waals surface area contributed by atoms with Crippen molar-refractivity contribution < 1.29 is 22.6 Å². The summed E-state index contributed by atoms with van der Waals surface area (Å²) in [6.45, 7) is 1.12. The second-order valence-corrected chi connectivity index (χ2v) is 5.64. The van der Waals surface area contributed by atoms with E-state index in [4.69, 9.17) is 14.9 Å². The molecule has 1 N–H and O–H groups in total. The molecule has 9 heteroatoms. The number of nitrogens with one attached hydrogen (secondary N) is 1. The number of rotatable bonds is 5. The topological polar surface area (TPSA) is 71.3 Å². The fourth-order valence-corrected chi connectivity index (χ4v) is 2.54. The highest BCUT2D eigenvalue weighted by atomic mass is 19.4. The number of ether oxygens (including phenoxy) is 2. The van der Waals surface area contributed by atoms with Crippen LogP contribution in [0, 0.1) is 5.41 Å². The number of aromatic nitrogens is 2. The predicted octanol–water partition coefficient (Wildman–Crippen LogP) is 2.67. The molecule has 6 nitrogen and oxygen atoms in total. The minimum atomic E-state index is -4.48. The zero-order valence-corrected chi connectivity index (χ0v) is 13.8. The summed E-state index contributed by atoms with van der Waals surface area (Å²) < 4.78 is 47.4. The third kappa shape index (κ3) is 4.48. The molecule has 1 saturated heterocycles. The standard InChI is InChI=1S/C17H17F3N4O2/c18-17(19,20)11-26-16-13(2-1-4-23-16)15(21)12-3-5-22-14(10-12)24-6-8-25-9-7-24/h1-5,10,21H,6-9,11H2. The van der Waals surface area contributed by atoms with E-state index in [2.05, 4.69) is 9.97 Å². The van der Waals surface area contributed by atoms with Gasteiger partial charge in [0.2, 0.25) is 5.88 Å². The van der Waals surface area contributed by atoms with E-state index in [1.165, 1.54) is 12.3 Å². The predicted molar refractivity (Wildman–Crippen MR) is 89.0 cm³/mol. The van der Waals surface area contributed by atoms with Gasteiger partial charge in [0, 0.05) is 31.0 Å². The van der Waals surface area contributed by atoms with Gasteiger partial charge in [-0.2, -0.15) is 13.2 Å². The fraction of sp³-hybridized carbons (Fsp3) is 0.353. The fourth-order valence-electron chi connectivity index (χ4n) is 2.54. The summed E-state index contributed by atoms with van der Waals surface area (Å²) in [5.74, 6) is 0.469. The summed E-state index contributed by atoms with van der Waals surface area (Å²) in [4.78, 5) is 10.2. The number of hydrogen-bond donors (Lipinski definition) is 1. The first-order valence-corrected chi connectivity index (χ1v) is 7.97. The highest BCUT2D eigenvalue weighted by Gasteiger charge is 2.29. The molecule has 0 amide bonds. The molecule has 0 atom stereocenters. The van der Waals surface area contributed by atoms with Gasteiger partial charge in [-0.05, 0) is 24.3 Å². The number of pyridine rings is 2. The van der Waals surface area contributed by atoms with E-state index < -0.39 is 12.8 Å². The zero-order chi connectivity index (χ0) is 18.6. The Morgan fingerprint density at radius 2 is 1.96 bits per heavy atom. The lowest BCUT2D eigenvalue weighted by molar-refractivity contribution is -0.154. The summed E-state index contributed by atoms with van der Waals surface area (Å²) in [7, 11) is 0. The van der Waals surface area contributed by atoms with E-state index in [1.807, 2.05) is 4.90 Å². The Morgan fingerprint density at radius 3 is 2.69 bits per heavy atom. The molecule has 138 valence electrons. The van der Waals surface area contributed by atoms with Gasteiger partial charge in [0.1, 0.15) is 5.82 Å². The van der Waals surface area contributed by atoms with Gasteiger partial charge < -0.3 is 14.4 Å². The van der Waals surface area contributed by atoms with E-state index in [-0.39, 0.29) is 17.2 Å². The lowest BCUT2D eigenvalue weighted by Crippen LogP contribution is -2.36. The first-order valence-electron chi connectivity index (χ1n) is 7.97. The highest BCUT2D eigenvalue weighted by Crippen LogP contribution is 2.23. The van der Waals surface area contributed by atoms with Crippen LogP contribution in [-0.4, -0.2) is 54.8 Å². The highest BCUT2D eigenvalue weighted by molar-refractivity contribution is 6.12. The van der Waals surface area contributed by atoms with Gasteiger partial charge in [-0.25, -0.2) is 9.97 Å². The number of halogens is 3. The summed E-state index contributed by atoms with van der Waals surface area (Å²) in [5, 5.41) is 8.38. The van der Waals surface area contributed by atoms with Crippen LogP contribution in [0.3, 0.4) is 0 Å². The van der Waals surface area contributed by atoms with E-state index in [0.29, 0.717) is 37.7 Å². The van der Waals surface area contributed by atoms with Crippen LogP contribution in [0.5, 0.6) is 5.88 Å². The Labute approximate surface area is 148 Å². The first kappa shape index (κ1) is 18.1. The summed E-state index contributed by atoms with van der Waals surface area (Å²) >= 11 is 0. The van der Waals surface area contributed by atoms with Gasteiger partial charge in [0.15, 0.2) is 6.61 Å². The van der Waals surface area contributed by atoms with Crippen LogP contribution >= 0.6 is 0 Å². The minimum Gasteiger partial charge on any atom is -0.468 e. The molecule has 0 saturated carbocycles. The first-order chi connectivity index (χ1) is 12.4. The van der Waals surface area contributed by atoms with Crippen LogP contribution in [0.4, 0.5) is 19.0 Å². The van der Waals surface area contributed by atoms with Crippen molar-refractivity contribution in [1.82, 2.24) is 9.97 Å². The number of morpholine rings is 1. The monoisotopic (exact) mass is 366 g/mol. The Bertz CT molecular complexity index is 777. The molecule has 3 rings (SSSR count). The number of anilines is 1. The lowest BCUT2D eigenvalue weighted by atomic mass is 10.0. The second kappa shape index (κ2) is 7.69. The van der Waals surface area contributed by atoms with Crippen LogP contribution in [0.15, 0.2) is 36.7 Å². The molecule has 0 unspecified atom stereocenters. The SMILES string of the molecule is N=C(c1ccnc(N2CCOCC2)c1)c1cccnc1OCC(F)(F)F. The summed E-state index contributed by atoms with van der Waals surface area (Å²) in [6.07, 6.45) is -1.58. The quantitative estimate of drug-likeness (QED) is 0.824. The average molecular weight is 366 g/mol. The molecule has 0 aliphatic carbocycles. The Kier molecular flexibility index (Phi) is 5.36. The number of alkyl halides is 3. The Hall–Kier alpha value is -2.68. The van der Waals surface area contributed by atoms with Crippen molar-refractivity contribution in [2.24, 2.45) is 0 Å². The van der Waals surface area contributed by atoms with Gasteiger partial charge in [-0.15, -0.1) is 0 Å². The molecule has 1 fully saturated rings. The maximum atomic E-state index is 12.4. The molecular weight excluding hydrogens is 349 g/mol. The van der Waals surface area contributed by atoms with E-state index >= 15 is 0 Å². The summed E-state index contributed by atoms with van der Waals surface area (Å²) in [6, 6.07) is 6.42. The van der Waals surface area contributed by atoms with E-state index in [1.54, 1.807) is 24.4 Å². The van der Waals surface area contributed by atoms with Crippen LogP contribution in [-0.2, 0) is 4.74 Å². The van der Waals surface area contributed by atoms with Gasteiger partial charge >= 0.3 is 6.18 Å².